The lowest BCUT2D eigenvalue weighted by Gasteiger charge is -2.24. The fourth-order valence-electron chi connectivity index (χ4n) is 8.39. The summed E-state index contributed by atoms with van der Waals surface area (Å²) < 4.78 is 5.94. The Morgan fingerprint density at radius 3 is 1.32 bits per heavy atom. The minimum Gasteiger partial charge on any atom is -0.462 e. The van der Waals surface area contributed by atoms with Gasteiger partial charge in [0.25, 0.3) is 0 Å². The molecule has 0 heterocycles. The van der Waals surface area contributed by atoms with Crippen LogP contribution in [0.25, 0.3) is 0 Å². The lowest BCUT2D eigenvalue weighted by Crippen LogP contribution is -2.46. The third kappa shape index (κ3) is 44.7. The second-order valence-electron chi connectivity index (χ2n) is 18.6. The molecule has 3 unspecified atom stereocenters. The number of esters is 1. The second-order valence-corrected chi connectivity index (χ2v) is 18.6. The maximum absolute atomic E-state index is 13.2. The first-order valence-electron chi connectivity index (χ1n) is 27.2. The number of amides is 1. The van der Waals surface area contributed by atoms with Gasteiger partial charge in [0.2, 0.25) is 5.91 Å². The summed E-state index contributed by atoms with van der Waals surface area (Å²) in [5.74, 6) is -0.482. The first-order chi connectivity index (χ1) is 30.5. The van der Waals surface area contributed by atoms with Crippen LogP contribution < -0.4 is 5.32 Å². The Labute approximate surface area is 385 Å². The van der Waals surface area contributed by atoms with E-state index >= 15 is 0 Å². The van der Waals surface area contributed by atoms with E-state index in [-0.39, 0.29) is 24.9 Å². The van der Waals surface area contributed by atoms with E-state index in [2.05, 4.69) is 62.5 Å². The van der Waals surface area contributed by atoms with Crippen LogP contribution in [0.1, 0.15) is 284 Å². The van der Waals surface area contributed by atoms with Crippen molar-refractivity contribution in [1.29, 1.82) is 0 Å². The van der Waals surface area contributed by atoms with Crippen LogP contribution in [0.4, 0.5) is 0 Å². The molecular weight excluding hydrogens is 767 g/mol. The minimum atomic E-state index is -0.791. The zero-order valence-corrected chi connectivity index (χ0v) is 41.5. The van der Waals surface area contributed by atoms with E-state index < -0.39 is 18.2 Å². The van der Waals surface area contributed by atoms with Gasteiger partial charge in [-0.25, -0.2) is 0 Å². The highest BCUT2D eigenvalue weighted by atomic mass is 16.5. The molecule has 0 aromatic rings. The van der Waals surface area contributed by atoms with Gasteiger partial charge in [0.15, 0.2) is 0 Å². The number of carbonyl (C=O) groups is 2. The Kier molecular flexibility index (Phi) is 48.5. The van der Waals surface area contributed by atoms with Crippen molar-refractivity contribution in [3.05, 3.63) is 36.5 Å². The zero-order valence-electron chi connectivity index (χ0n) is 41.5. The van der Waals surface area contributed by atoms with Crippen molar-refractivity contribution in [2.45, 2.75) is 302 Å². The minimum absolute atomic E-state index is 0.0666. The number of aliphatic hydroxyl groups excluding tert-OH is 2. The van der Waals surface area contributed by atoms with Crippen LogP contribution in [0.15, 0.2) is 36.5 Å². The Bertz CT molecular complexity index is 1020. The molecule has 6 heteroatoms. The van der Waals surface area contributed by atoms with Crippen LogP contribution in [-0.4, -0.2) is 46.9 Å². The standard InChI is InChI=1S/C56H105NO5/c1-4-7-10-13-16-19-22-25-27-28-31-34-37-40-43-46-49-56(61)62-52(47-44-41-38-35-32-30-26-23-20-17-14-11-8-5-2)50-55(60)57-53(51-58)54(59)48-45-42-39-36-33-29-24-21-18-15-12-9-6-3/h8,11,17,20,26,30,52-54,58-59H,4-7,9-10,12-16,18-19,21-25,27-29,31-51H2,1-3H3,(H,57,60)/b11-8+,20-17+,30-26+. The summed E-state index contributed by atoms with van der Waals surface area (Å²) in [5, 5.41) is 23.8. The van der Waals surface area contributed by atoms with E-state index in [0.29, 0.717) is 19.3 Å². The van der Waals surface area contributed by atoms with E-state index in [1.165, 1.54) is 148 Å². The molecule has 0 radical (unpaired) electrons. The number of nitrogens with one attached hydrogen (secondary N) is 1. The summed E-state index contributed by atoms with van der Waals surface area (Å²) in [6, 6.07) is -0.706. The Hall–Kier alpha value is -1.92. The predicted octanol–water partition coefficient (Wildman–Crippen LogP) is 16.5. The number of hydrogen-bond acceptors (Lipinski definition) is 5. The maximum atomic E-state index is 13.2. The summed E-state index contributed by atoms with van der Waals surface area (Å²) >= 11 is 0. The van der Waals surface area contributed by atoms with Crippen LogP contribution in [0.3, 0.4) is 0 Å². The van der Waals surface area contributed by atoms with Crippen LogP contribution in [0, 0.1) is 0 Å². The number of ether oxygens (including phenoxy) is 1. The van der Waals surface area contributed by atoms with Gasteiger partial charge in [-0.1, -0.05) is 250 Å². The number of aliphatic hydroxyl groups is 2. The molecule has 0 aliphatic carbocycles. The van der Waals surface area contributed by atoms with Crippen molar-refractivity contribution in [1.82, 2.24) is 5.32 Å². The van der Waals surface area contributed by atoms with Gasteiger partial charge in [-0.15, -0.1) is 0 Å². The van der Waals surface area contributed by atoms with Crippen LogP contribution in [0.5, 0.6) is 0 Å². The van der Waals surface area contributed by atoms with Crippen molar-refractivity contribution in [2.24, 2.45) is 0 Å². The molecule has 3 N–H and O–H groups in total. The maximum Gasteiger partial charge on any atom is 0.306 e. The Morgan fingerprint density at radius 1 is 0.484 bits per heavy atom. The fraction of sp³-hybridized carbons (Fsp3) is 0.857. The number of carbonyl (C=O) groups excluding carboxylic acids is 2. The fourth-order valence-corrected chi connectivity index (χ4v) is 8.39. The lowest BCUT2D eigenvalue weighted by atomic mass is 10.0. The average molecular weight is 872 g/mol. The van der Waals surface area contributed by atoms with Gasteiger partial charge in [0.05, 0.1) is 25.2 Å². The molecule has 0 aromatic carbocycles. The number of rotatable bonds is 49. The molecule has 0 rings (SSSR count). The largest absolute Gasteiger partial charge is 0.462 e. The van der Waals surface area contributed by atoms with Gasteiger partial charge in [0, 0.05) is 6.42 Å². The lowest BCUT2D eigenvalue weighted by molar-refractivity contribution is -0.151. The van der Waals surface area contributed by atoms with Crippen LogP contribution >= 0.6 is 0 Å². The summed E-state index contributed by atoms with van der Waals surface area (Å²) in [4.78, 5) is 26.2. The average Bonchev–Trinajstić information content (AvgIpc) is 3.26. The summed E-state index contributed by atoms with van der Waals surface area (Å²) in [6.45, 7) is 6.39. The number of unbranched alkanes of at least 4 members (excludes halogenated alkanes) is 31. The number of hydrogen-bond donors (Lipinski definition) is 3. The molecule has 3 atom stereocenters. The normalized spacial score (nSPS) is 13.4. The van der Waals surface area contributed by atoms with Gasteiger partial charge in [-0.05, 0) is 57.8 Å². The first kappa shape index (κ1) is 60.1. The molecular formula is C56H105NO5. The van der Waals surface area contributed by atoms with Crippen molar-refractivity contribution in [2.75, 3.05) is 6.61 Å². The Balaban J connectivity index is 4.56. The summed E-state index contributed by atoms with van der Waals surface area (Å²) in [5.41, 5.74) is 0. The molecule has 0 spiro atoms. The quantitative estimate of drug-likeness (QED) is 0.0321. The van der Waals surface area contributed by atoms with Crippen molar-refractivity contribution in [3.8, 4) is 0 Å². The van der Waals surface area contributed by atoms with Crippen molar-refractivity contribution < 1.29 is 24.5 Å². The van der Waals surface area contributed by atoms with E-state index in [4.69, 9.17) is 4.74 Å². The van der Waals surface area contributed by atoms with Gasteiger partial charge in [0.1, 0.15) is 6.10 Å². The highest BCUT2D eigenvalue weighted by Crippen LogP contribution is 2.18. The van der Waals surface area contributed by atoms with E-state index in [1.54, 1.807) is 0 Å². The Morgan fingerprint density at radius 2 is 0.871 bits per heavy atom. The van der Waals surface area contributed by atoms with Gasteiger partial charge in [-0.3, -0.25) is 9.59 Å². The monoisotopic (exact) mass is 872 g/mol. The molecule has 0 saturated carbocycles. The van der Waals surface area contributed by atoms with Crippen LogP contribution in [0.2, 0.25) is 0 Å². The molecule has 62 heavy (non-hydrogen) atoms. The third-order valence-corrected chi connectivity index (χ3v) is 12.5. The van der Waals surface area contributed by atoms with Gasteiger partial charge < -0.3 is 20.3 Å². The molecule has 0 aromatic heterocycles. The van der Waals surface area contributed by atoms with E-state index in [9.17, 15) is 19.8 Å². The van der Waals surface area contributed by atoms with Crippen molar-refractivity contribution in [3.63, 3.8) is 0 Å². The van der Waals surface area contributed by atoms with E-state index in [0.717, 1.165) is 89.9 Å². The summed E-state index contributed by atoms with van der Waals surface area (Å²) in [6.07, 6.45) is 59.2. The zero-order chi connectivity index (χ0) is 45.2. The predicted molar refractivity (Wildman–Crippen MR) is 269 cm³/mol. The highest BCUT2D eigenvalue weighted by Gasteiger charge is 2.24. The molecule has 0 aliphatic rings. The summed E-state index contributed by atoms with van der Waals surface area (Å²) in [7, 11) is 0. The molecule has 0 bridgehead atoms. The smallest absolute Gasteiger partial charge is 0.306 e. The van der Waals surface area contributed by atoms with Gasteiger partial charge in [-0.2, -0.15) is 0 Å². The third-order valence-electron chi connectivity index (χ3n) is 12.5. The topological polar surface area (TPSA) is 95.9 Å². The second kappa shape index (κ2) is 50.1. The number of allylic oxidation sites excluding steroid dienone is 6. The molecule has 364 valence electrons. The molecule has 0 saturated heterocycles. The van der Waals surface area contributed by atoms with E-state index in [1.807, 2.05) is 0 Å². The molecule has 6 nitrogen and oxygen atoms in total. The van der Waals surface area contributed by atoms with Gasteiger partial charge >= 0.3 is 5.97 Å². The van der Waals surface area contributed by atoms with Crippen molar-refractivity contribution >= 4 is 11.9 Å². The molecule has 0 aliphatic heterocycles. The SMILES string of the molecule is CC/C=C/C/C=C/C/C=C/CCCCCCC(CC(=O)NC(CO)C(O)CCCCCCCCCCCCCCC)OC(=O)CCCCCCCCCCCCCCCCCC. The molecule has 1 amide bonds. The first-order valence-corrected chi connectivity index (χ1v) is 27.2. The molecule has 0 fully saturated rings. The van der Waals surface area contributed by atoms with Crippen LogP contribution in [-0.2, 0) is 14.3 Å². The highest BCUT2D eigenvalue weighted by molar-refractivity contribution is 5.77.